The Bertz CT molecular complexity index is 1780. The molecule has 3 rings (SSSR count). The van der Waals surface area contributed by atoms with E-state index in [2.05, 4.69) is 20.1 Å². The quantitative estimate of drug-likeness (QED) is 0.0364. The number of aromatic nitrogens is 1. The average Bonchev–Trinajstić information content (AvgIpc) is 3.69. The van der Waals surface area contributed by atoms with Gasteiger partial charge in [0.15, 0.2) is 6.73 Å². The number of hydrogen-bond donors (Lipinski definition) is 5. The summed E-state index contributed by atoms with van der Waals surface area (Å²) in [6.45, 7) is 4.99. The van der Waals surface area contributed by atoms with Gasteiger partial charge in [0.25, 0.3) is 21.8 Å². The number of carbonyl (C=O) groups excluding carboxylic acids is 3. The smallest absolute Gasteiger partial charge is 0.434 e. The monoisotopic (exact) mass is 781 g/mol. The predicted octanol–water partition coefficient (Wildman–Crippen LogP) is 4.67. The van der Waals surface area contributed by atoms with Crippen molar-refractivity contribution in [2.45, 2.75) is 58.3 Å². The number of carbonyl (C=O) groups is 3. The Kier molecular flexibility index (Phi) is 15.5. The lowest BCUT2D eigenvalue weighted by atomic mass is 10.0. The number of amides is 1. The molecule has 0 aliphatic carbocycles. The molecule has 0 atom stereocenters. The molecule has 0 aliphatic heterocycles. The van der Waals surface area contributed by atoms with E-state index in [1.807, 2.05) is 0 Å². The van der Waals surface area contributed by atoms with Crippen molar-refractivity contribution in [3.05, 3.63) is 49.8 Å². The van der Waals surface area contributed by atoms with E-state index in [0.29, 0.717) is 21.0 Å². The van der Waals surface area contributed by atoms with Crippen molar-refractivity contribution in [1.82, 2.24) is 15.9 Å². The molecule has 51 heavy (non-hydrogen) atoms. The van der Waals surface area contributed by atoms with Gasteiger partial charge in [-0.05, 0) is 69.5 Å². The molecule has 0 spiro atoms. The zero-order valence-electron chi connectivity index (χ0n) is 27.7. The summed E-state index contributed by atoms with van der Waals surface area (Å²) in [5.74, 6) is -1.82. The van der Waals surface area contributed by atoms with E-state index in [1.165, 1.54) is 12.3 Å². The van der Waals surface area contributed by atoms with Crippen LogP contribution in [-0.4, -0.2) is 89.8 Å². The summed E-state index contributed by atoms with van der Waals surface area (Å²) in [5.41, 5.74) is 1.90. The molecule has 0 saturated heterocycles. The topological polar surface area (TPSA) is 260 Å². The zero-order valence-corrected chi connectivity index (χ0v) is 30.0. The van der Waals surface area contributed by atoms with Gasteiger partial charge in [0.05, 0.1) is 36.3 Å². The molecule has 3 aromatic rings. The van der Waals surface area contributed by atoms with E-state index >= 15 is 0 Å². The van der Waals surface area contributed by atoms with Crippen molar-refractivity contribution in [3.63, 3.8) is 0 Å². The van der Waals surface area contributed by atoms with Crippen LogP contribution in [0.2, 0.25) is 5.02 Å². The second-order valence-corrected chi connectivity index (χ2v) is 13.6. The predicted molar refractivity (Wildman–Crippen MR) is 173 cm³/mol. The molecule has 23 heteroatoms. The lowest BCUT2D eigenvalue weighted by Crippen LogP contribution is -2.35. The number of anilines is 2. The van der Waals surface area contributed by atoms with Gasteiger partial charge in [-0.2, -0.15) is 4.31 Å². The van der Waals surface area contributed by atoms with E-state index in [0.717, 1.165) is 17.4 Å². The Morgan fingerprint density at radius 2 is 1.61 bits per heavy atom. The van der Waals surface area contributed by atoms with Crippen LogP contribution in [0.1, 0.15) is 57.7 Å². The van der Waals surface area contributed by atoms with Crippen LogP contribution in [0.4, 0.5) is 16.4 Å². The van der Waals surface area contributed by atoms with E-state index in [9.17, 15) is 22.8 Å². The van der Waals surface area contributed by atoms with Crippen LogP contribution in [0.25, 0.3) is 0 Å². The van der Waals surface area contributed by atoms with Crippen LogP contribution in [-0.2, 0) is 34.0 Å². The lowest BCUT2D eigenvalue weighted by Gasteiger charge is -2.21. The standard InChI is InChI=1S/C28H36ClN5O15S2/c1-16-14-17(2)24(48-21(35)8-7-12-47-34(40)41)18(3)23(16)30-26(36)25-20(9-13-50-25)51(42,43)32(27-22(29)19(4)31-49-27)15-45-28(37)44-10-5-6-11-46-33(38)39/h9,13-14,38-41H,5-8,10-12,15H2,1-4H3,(H,30,36). The Hall–Kier alpha value is -3.94. The summed E-state index contributed by atoms with van der Waals surface area (Å²) in [5, 5.41) is 40.9. The summed E-state index contributed by atoms with van der Waals surface area (Å²) >= 11 is 7.07. The molecule has 1 amide bonds. The lowest BCUT2D eigenvalue weighted by molar-refractivity contribution is -0.492. The van der Waals surface area contributed by atoms with Gasteiger partial charge in [-0.3, -0.25) is 40.1 Å². The minimum Gasteiger partial charge on any atom is -0.434 e. The van der Waals surface area contributed by atoms with Gasteiger partial charge in [0, 0.05) is 12.0 Å². The van der Waals surface area contributed by atoms with E-state index in [1.54, 1.807) is 26.8 Å². The third-order valence-corrected chi connectivity index (χ3v) is 9.98. The molecular formula is C28H36ClN5O15S2. The first kappa shape index (κ1) is 41.5. The summed E-state index contributed by atoms with van der Waals surface area (Å²) in [6.07, 6.45) is -0.774. The van der Waals surface area contributed by atoms with Crippen molar-refractivity contribution in [1.29, 1.82) is 0 Å². The van der Waals surface area contributed by atoms with Crippen LogP contribution in [0, 0.1) is 27.7 Å². The molecule has 0 unspecified atom stereocenters. The fourth-order valence-electron chi connectivity index (χ4n) is 4.40. The van der Waals surface area contributed by atoms with Crippen molar-refractivity contribution in [2.75, 3.05) is 36.2 Å². The van der Waals surface area contributed by atoms with Gasteiger partial charge in [-0.1, -0.05) is 22.8 Å². The largest absolute Gasteiger partial charge is 0.510 e. The molecular weight excluding hydrogens is 746 g/mol. The molecule has 5 N–H and O–H groups in total. The van der Waals surface area contributed by atoms with Gasteiger partial charge in [0.1, 0.15) is 26.2 Å². The maximum Gasteiger partial charge on any atom is 0.510 e. The summed E-state index contributed by atoms with van der Waals surface area (Å²) in [6, 6.07) is 2.82. The highest BCUT2D eigenvalue weighted by Crippen LogP contribution is 2.37. The maximum atomic E-state index is 14.1. The van der Waals surface area contributed by atoms with E-state index in [-0.39, 0.29) is 72.5 Å². The Labute approximate surface area is 299 Å². The number of sulfonamides is 1. The van der Waals surface area contributed by atoms with Crippen molar-refractivity contribution >= 4 is 62.6 Å². The minimum atomic E-state index is -4.74. The molecule has 0 radical (unpaired) electrons. The highest BCUT2D eigenvalue weighted by Gasteiger charge is 2.36. The van der Waals surface area contributed by atoms with Gasteiger partial charge in [-0.15, -0.1) is 11.3 Å². The number of esters is 1. The van der Waals surface area contributed by atoms with Crippen LogP contribution in [0.15, 0.2) is 26.9 Å². The van der Waals surface area contributed by atoms with Gasteiger partial charge >= 0.3 is 12.1 Å². The molecule has 0 bridgehead atoms. The van der Waals surface area contributed by atoms with Crippen molar-refractivity contribution in [3.8, 4) is 5.75 Å². The number of ether oxygens (including phenoxy) is 3. The van der Waals surface area contributed by atoms with Crippen molar-refractivity contribution in [2.24, 2.45) is 0 Å². The van der Waals surface area contributed by atoms with Crippen LogP contribution in [0.5, 0.6) is 5.75 Å². The number of unbranched alkanes of at least 4 members (excludes halogenated alkanes) is 1. The first-order valence-corrected chi connectivity index (χ1v) is 17.5. The molecule has 282 valence electrons. The van der Waals surface area contributed by atoms with Crippen molar-refractivity contribution < 1.29 is 72.0 Å². The number of thiophene rings is 1. The van der Waals surface area contributed by atoms with Gasteiger partial charge in [-0.25, -0.2) is 13.2 Å². The summed E-state index contributed by atoms with van der Waals surface area (Å²) < 4.78 is 49.2. The zero-order chi connectivity index (χ0) is 37.9. The summed E-state index contributed by atoms with van der Waals surface area (Å²) in [7, 11) is -4.74. The number of halogens is 1. The molecule has 2 heterocycles. The number of rotatable bonds is 19. The minimum absolute atomic E-state index is 0.0935. The Morgan fingerprint density at radius 3 is 2.24 bits per heavy atom. The Morgan fingerprint density at radius 1 is 0.961 bits per heavy atom. The van der Waals surface area contributed by atoms with Crippen LogP contribution >= 0.6 is 22.9 Å². The SMILES string of the molecule is Cc1cc(C)c(OC(=O)CCCON(O)O)c(C)c1NC(=O)c1sccc1S(=O)(=O)N(COC(=O)OCCCCON(O)O)c1onc(C)c1Cl. The second kappa shape index (κ2) is 19.1. The molecule has 0 saturated carbocycles. The fraction of sp³-hybridized carbons (Fsp3) is 0.429. The third kappa shape index (κ3) is 11.5. The normalized spacial score (nSPS) is 11.6. The van der Waals surface area contributed by atoms with E-state index < -0.39 is 56.3 Å². The third-order valence-electron chi connectivity index (χ3n) is 6.76. The first-order chi connectivity index (χ1) is 24.0. The molecule has 2 aromatic heterocycles. The average molecular weight is 782 g/mol. The number of nitrogens with one attached hydrogen (secondary N) is 1. The molecule has 1 aromatic carbocycles. The van der Waals surface area contributed by atoms with Gasteiger partial charge < -0.3 is 24.1 Å². The van der Waals surface area contributed by atoms with Crippen LogP contribution in [0.3, 0.4) is 0 Å². The number of aryl methyl sites for hydroxylation is 3. The molecule has 20 nitrogen and oxygen atoms in total. The fourth-order valence-corrected chi connectivity index (χ4v) is 7.19. The molecule has 0 fully saturated rings. The highest BCUT2D eigenvalue weighted by atomic mass is 35.5. The highest BCUT2D eigenvalue weighted by molar-refractivity contribution is 7.93. The van der Waals surface area contributed by atoms with Gasteiger partial charge in [0.2, 0.25) is 0 Å². The number of benzene rings is 1. The summed E-state index contributed by atoms with van der Waals surface area (Å²) in [4.78, 5) is 46.5. The second-order valence-electron chi connectivity index (χ2n) is 10.5. The number of hydrogen-bond acceptors (Lipinski definition) is 19. The Balaban J connectivity index is 1.81. The van der Waals surface area contributed by atoms with Crippen LogP contribution < -0.4 is 14.4 Å². The first-order valence-electron chi connectivity index (χ1n) is 14.8. The van der Waals surface area contributed by atoms with E-state index in [4.69, 9.17) is 51.2 Å². The number of nitrogens with zero attached hydrogens (tertiary/aromatic N) is 4. The molecule has 0 aliphatic rings. The maximum absolute atomic E-state index is 14.1.